The molecular weight excluding hydrogens is 234 g/mol. The molecule has 3 nitrogen and oxygen atoms in total. The van der Waals surface area contributed by atoms with Gasteiger partial charge < -0.3 is 4.90 Å². The van der Waals surface area contributed by atoms with E-state index in [1.165, 1.54) is 19.3 Å². The number of anilines is 1. The normalized spacial score (nSPS) is 27.9. The van der Waals surface area contributed by atoms with Crippen molar-refractivity contribution in [1.82, 2.24) is 9.88 Å². The van der Waals surface area contributed by atoms with Crippen molar-refractivity contribution in [2.45, 2.75) is 58.2 Å². The number of pyridine rings is 1. The summed E-state index contributed by atoms with van der Waals surface area (Å²) in [6, 6.07) is 8.54. The molecule has 0 aromatic carbocycles. The number of hydrogen-bond acceptors (Lipinski definition) is 3. The summed E-state index contributed by atoms with van der Waals surface area (Å²) in [6.07, 6.45) is 4.02. The van der Waals surface area contributed by atoms with Gasteiger partial charge in [0.1, 0.15) is 5.82 Å². The summed E-state index contributed by atoms with van der Waals surface area (Å²) in [5.74, 6) is 1.16. The van der Waals surface area contributed by atoms with Crippen molar-refractivity contribution in [3.63, 3.8) is 0 Å². The highest BCUT2D eigenvalue weighted by atomic mass is 15.3. The van der Waals surface area contributed by atoms with Crippen molar-refractivity contribution in [3.8, 4) is 0 Å². The zero-order valence-corrected chi connectivity index (χ0v) is 12.3. The lowest BCUT2D eigenvalue weighted by Gasteiger charge is -2.32. The zero-order valence-electron chi connectivity index (χ0n) is 12.3. The van der Waals surface area contributed by atoms with Gasteiger partial charge in [0.05, 0.1) is 0 Å². The van der Waals surface area contributed by atoms with Crippen molar-refractivity contribution in [1.29, 1.82) is 0 Å². The first kappa shape index (κ1) is 12.9. The van der Waals surface area contributed by atoms with Gasteiger partial charge in [0.25, 0.3) is 0 Å². The van der Waals surface area contributed by atoms with E-state index < -0.39 is 0 Å². The Balaban J connectivity index is 1.80. The van der Waals surface area contributed by atoms with Crippen LogP contribution in [0.4, 0.5) is 5.82 Å². The smallest absolute Gasteiger partial charge is 0.128 e. The van der Waals surface area contributed by atoms with Crippen molar-refractivity contribution in [3.05, 3.63) is 23.9 Å². The van der Waals surface area contributed by atoms with E-state index in [1.54, 1.807) is 0 Å². The fourth-order valence-corrected chi connectivity index (χ4v) is 3.87. The van der Waals surface area contributed by atoms with Crippen LogP contribution in [-0.4, -0.2) is 41.1 Å². The van der Waals surface area contributed by atoms with Crippen LogP contribution in [0.2, 0.25) is 0 Å². The number of nitrogens with zero attached hydrogens (tertiary/aromatic N) is 3. The fraction of sp³-hybridized carbons (Fsp3) is 0.688. The van der Waals surface area contributed by atoms with E-state index in [0.29, 0.717) is 6.04 Å². The maximum Gasteiger partial charge on any atom is 0.128 e. The van der Waals surface area contributed by atoms with Gasteiger partial charge in [-0.25, -0.2) is 4.98 Å². The van der Waals surface area contributed by atoms with Crippen molar-refractivity contribution >= 4 is 5.82 Å². The minimum absolute atomic E-state index is 0.669. The number of aromatic nitrogens is 1. The Hall–Kier alpha value is -1.09. The fourth-order valence-electron chi connectivity index (χ4n) is 3.87. The van der Waals surface area contributed by atoms with Crippen LogP contribution in [0.25, 0.3) is 0 Å². The third-order valence-corrected chi connectivity index (χ3v) is 4.63. The molecule has 2 saturated heterocycles. The molecule has 0 radical (unpaired) electrons. The molecule has 3 heterocycles. The molecular formula is C16H25N3. The van der Waals surface area contributed by atoms with Gasteiger partial charge in [-0.15, -0.1) is 0 Å². The van der Waals surface area contributed by atoms with Crippen LogP contribution >= 0.6 is 0 Å². The van der Waals surface area contributed by atoms with Crippen molar-refractivity contribution in [2.75, 3.05) is 18.0 Å². The molecule has 1 aromatic heterocycles. The average molecular weight is 259 g/mol. The molecule has 0 saturated carbocycles. The third kappa shape index (κ3) is 2.48. The Labute approximate surface area is 116 Å². The van der Waals surface area contributed by atoms with E-state index in [-0.39, 0.29) is 0 Å². The minimum atomic E-state index is 0.669. The number of rotatable bonds is 2. The van der Waals surface area contributed by atoms with E-state index in [4.69, 9.17) is 4.98 Å². The Morgan fingerprint density at radius 1 is 1.16 bits per heavy atom. The molecule has 2 fully saturated rings. The zero-order chi connectivity index (χ0) is 13.4. The van der Waals surface area contributed by atoms with Gasteiger partial charge in [-0.1, -0.05) is 6.07 Å². The Morgan fingerprint density at radius 2 is 1.95 bits per heavy atom. The summed E-state index contributed by atoms with van der Waals surface area (Å²) in [5.41, 5.74) is 1.12. The van der Waals surface area contributed by atoms with E-state index in [1.807, 2.05) is 0 Å². The molecule has 3 heteroatoms. The second kappa shape index (κ2) is 5.12. The molecule has 2 aliphatic heterocycles. The quantitative estimate of drug-likeness (QED) is 0.814. The van der Waals surface area contributed by atoms with Crippen LogP contribution in [0.1, 0.15) is 38.8 Å². The van der Waals surface area contributed by atoms with E-state index >= 15 is 0 Å². The van der Waals surface area contributed by atoms with Gasteiger partial charge in [0.2, 0.25) is 0 Å². The molecule has 0 N–H and O–H groups in total. The maximum atomic E-state index is 4.70. The highest BCUT2D eigenvalue weighted by Gasteiger charge is 2.38. The molecule has 3 rings (SSSR count). The highest BCUT2D eigenvalue weighted by Crippen LogP contribution is 2.33. The second-order valence-corrected chi connectivity index (χ2v) is 6.30. The summed E-state index contributed by atoms with van der Waals surface area (Å²) >= 11 is 0. The predicted octanol–water partition coefficient (Wildman–Crippen LogP) is 2.84. The Morgan fingerprint density at radius 3 is 2.68 bits per heavy atom. The standard InChI is InChI=1S/C16H25N3/c1-12(2)19-14-7-8-15(19)11-18(10-9-14)16-6-4-5-13(3)17-16/h4-6,12,14-15H,7-11H2,1-3H3. The first-order valence-corrected chi connectivity index (χ1v) is 7.61. The molecule has 1 aromatic rings. The first-order valence-electron chi connectivity index (χ1n) is 7.61. The molecule has 2 unspecified atom stereocenters. The Kier molecular flexibility index (Phi) is 3.48. The monoisotopic (exact) mass is 259 g/mol. The lowest BCUT2D eigenvalue weighted by Crippen LogP contribution is -2.43. The molecule has 2 bridgehead atoms. The molecule has 19 heavy (non-hydrogen) atoms. The lowest BCUT2D eigenvalue weighted by atomic mass is 10.1. The van der Waals surface area contributed by atoms with Gasteiger partial charge in [-0.3, -0.25) is 4.90 Å². The SMILES string of the molecule is Cc1cccc(N2CCC3CCC(C2)N3C(C)C)n1. The summed E-state index contributed by atoms with van der Waals surface area (Å²) < 4.78 is 0. The van der Waals surface area contributed by atoms with Crippen molar-refractivity contribution in [2.24, 2.45) is 0 Å². The topological polar surface area (TPSA) is 19.4 Å². The van der Waals surface area contributed by atoms with Gasteiger partial charge in [-0.05, 0) is 52.2 Å². The first-order chi connectivity index (χ1) is 9.15. The van der Waals surface area contributed by atoms with E-state index in [2.05, 4.69) is 48.8 Å². The number of fused-ring (bicyclic) bond motifs is 2. The minimum Gasteiger partial charge on any atom is -0.355 e. The van der Waals surface area contributed by atoms with Crippen LogP contribution in [0, 0.1) is 6.92 Å². The summed E-state index contributed by atoms with van der Waals surface area (Å²) in [7, 11) is 0. The maximum absolute atomic E-state index is 4.70. The summed E-state index contributed by atoms with van der Waals surface area (Å²) in [6.45, 7) is 9.05. The molecule has 0 spiro atoms. The van der Waals surface area contributed by atoms with E-state index in [9.17, 15) is 0 Å². The molecule has 2 aliphatic rings. The average Bonchev–Trinajstić information content (AvgIpc) is 2.64. The molecule has 2 atom stereocenters. The molecule has 0 aliphatic carbocycles. The van der Waals surface area contributed by atoms with Crippen LogP contribution in [0.3, 0.4) is 0 Å². The Bertz CT molecular complexity index is 443. The number of aryl methyl sites for hydroxylation is 1. The summed E-state index contributed by atoms with van der Waals surface area (Å²) in [5, 5.41) is 0. The number of hydrogen-bond donors (Lipinski definition) is 0. The molecule has 0 amide bonds. The highest BCUT2D eigenvalue weighted by molar-refractivity contribution is 5.40. The van der Waals surface area contributed by atoms with Gasteiger partial charge in [-0.2, -0.15) is 0 Å². The lowest BCUT2D eigenvalue weighted by molar-refractivity contribution is 0.158. The third-order valence-electron chi connectivity index (χ3n) is 4.63. The van der Waals surface area contributed by atoms with Crippen LogP contribution in [-0.2, 0) is 0 Å². The van der Waals surface area contributed by atoms with Crippen LogP contribution in [0.15, 0.2) is 18.2 Å². The summed E-state index contributed by atoms with van der Waals surface area (Å²) in [4.78, 5) is 9.94. The molecule has 104 valence electrons. The largest absolute Gasteiger partial charge is 0.355 e. The van der Waals surface area contributed by atoms with Gasteiger partial charge in [0, 0.05) is 36.9 Å². The predicted molar refractivity (Wildman–Crippen MR) is 79.6 cm³/mol. The van der Waals surface area contributed by atoms with Crippen molar-refractivity contribution < 1.29 is 0 Å². The van der Waals surface area contributed by atoms with E-state index in [0.717, 1.165) is 36.7 Å². The van der Waals surface area contributed by atoms with Crippen LogP contribution in [0.5, 0.6) is 0 Å². The van der Waals surface area contributed by atoms with Crippen LogP contribution < -0.4 is 4.90 Å². The second-order valence-electron chi connectivity index (χ2n) is 6.30. The van der Waals surface area contributed by atoms with Gasteiger partial charge >= 0.3 is 0 Å². The van der Waals surface area contributed by atoms with Gasteiger partial charge in [0.15, 0.2) is 0 Å².